The number of nitro groups is 1. The first-order valence-corrected chi connectivity index (χ1v) is 10.7. The largest absolute Gasteiger partial charge is 0.493 e. The van der Waals surface area contributed by atoms with Gasteiger partial charge in [0.15, 0.2) is 5.75 Å². The van der Waals surface area contributed by atoms with E-state index in [-0.39, 0.29) is 27.1 Å². The summed E-state index contributed by atoms with van der Waals surface area (Å²) in [5.41, 5.74) is 0.926. The van der Waals surface area contributed by atoms with Crippen molar-refractivity contribution >= 4 is 50.9 Å². The fraction of sp³-hybridized carbons (Fsp3) is 0.0500. The molecular formula is C20H14Cl2N2O6S. The second-order valence-corrected chi connectivity index (χ2v) is 8.45. The van der Waals surface area contributed by atoms with Crippen LogP contribution in [-0.4, -0.2) is 26.7 Å². The summed E-state index contributed by atoms with van der Waals surface area (Å²) in [6, 6.07) is 14.1. The van der Waals surface area contributed by atoms with Crippen LogP contribution in [0.5, 0.6) is 11.5 Å². The first-order valence-electron chi connectivity index (χ1n) is 8.56. The van der Waals surface area contributed by atoms with Gasteiger partial charge >= 0.3 is 10.1 Å². The minimum Gasteiger partial charge on any atom is -0.493 e. The molecule has 0 unspecified atom stereocenters. The number of ether oxygens (including phenoxy) is 1. The summed E-state index contributed by atoms with van der Waals surface area (Å²) in [6.07, 6.45) is 1.45. The molecule has 0 spiro atoms. The van der Waals surface area contributed by atoms with Crippen LogP contribution in [0, 0.1) is 10.1 Å². The Labute approximate surface area is 187 Å². The number of aliphatic imine (C=N–C) groups is 1. The number of halogens is 2. The Hall–Kier alpha value is -3.14. The van der Waals surface area contributed by atoms with E-state index >= 15 is 0 Å². The third kappa shape index (κ3) is 5.52. The number of methoxy groups -OCH3 is 1. The van der Waals surface area contributed by atoms with Gasteiger partial charge in [-0.3, -0.25) is 15.1 Å². The molecule has 0 fully saturated rings. The van der Waals surface area contributed by atoms with E-state index in [1.807, 2.05) is 0 Å². The van der Waals surface area contributed by atoms with Crippen LogP contribution in [0.15, 0.2) is 70.6 Å². The lowest BCUT2D eigenvalue weighted by Crippen LogP contribution is -2.11. The molecule has 3 rings (SSSR count). The standard InChI is InChI=1S/C20H14Cl2N2O6S/c1-29-19-11-13(12-23-15-4-6-16(7-5-15)24(25)26)10-18(22)20(19)30-31(27,28)17-8-2-14(21)3-9-17/h2-12H,1H3. The van der Waals surface area contributed by atoms with Gasteiger partial charge in [0.1, 0.15) is 4.90 Å². The van der Waals surface area contributed by atoms with Crippen LogP contribution < -0.4 is 8.92 Å². The molecule has 0 saturated carbocycles. The Bertz CT molecular complexity index is 1240. The summed E-state index contributed by atoms with van der Waals surface area (Å²) in [4.78, 5) is 14.3. The number of hydrogen-bond donors (Lipinski definition) is 0. The van der Waals surface area contributed by atoms with E-state index in [9.17, 15) is 18.5 Å². The predicted molar refractivity (Wildman–Crippen MR) is 118 cm³/mol. The third-order valence-electron chi connectivity index (χ3n) is 3.97. The van der Waals surface area contributed by atoms with E-state index in [4.69, 9.17) is 32.1 Å². The van der Waals surface area contributed by atoms with Crippen molar-refractivity contribution in [3.63, 3.8) is 0 Å². The smallest absolute Gasteiger partial charge is 0.339 e. The van der Waals surface area contributed by atoms with Crippen molar-refractivity contribution in [3.8, 4) is 11.5 Å². The zero-order chi connectivity index (χ0) is 22.6. The summed E-state index contributed by atoms with van der Waals surface area (Å²) in [5, 5.41) is 11.1. The van der Waals surface area contributed by atoms with Gasteiger partial charge in [0.05, 0.1) is 22.7 Å². The van der Waals surface area contributed by atoms with Gasteiger partial charge in [-0.1, -0.05) is 23.2 Å². The zero-order valence-corrected chi connectivity index (χ0v) is 18.2. The second kappa shape index (κ2) is 9.34. The maximum Gasteiger partial charge on any atom is 0.339 e. The first-order chi connectivity index (χ1) is 14.7. The Balaban J connectivity index is 1.87. The highest BCUT2D eigenvalue weighted by molar-refractivity contribution is 7.87. The molecule has 3 aromatic rings. The minimum absolute atomic E-state index is 0.0120. The van der Waals surface area contributed by atoms with Crippen molar-refractivity contribution in [2.45, 2.75) is 4.90 Å². The van der Waals surface area contributed by atoms with Crippen molar-refractivity contribution in [1.29, 1.82) is 0 Å². The molecule has 31 heavy (non-hydrogen) atoms. The summed E-state index contributed by atoms with van der Waals surface area (Å²) < 4.78 is 35.5. The molecule has 0 aliphatic heterocycles. The van der Waals surface area contributed by atoms with Gasteiger partial charge in [-0.05, 0) is 54.1 Å². The highest BCUT2D eigenvalue weighted by atomic mass is 35.5. The Morgan fingerprint density at radius 2 is 1.68 bits per heavy atom. The van der Waals surface area contributed by atoms with Gasteiger partial charge in [0, 0.05) is 23.4 Å². The van der Waals surface area contributed by atoms with Crippen LogP contribution in [0.2, 0.25) is 10.0 Å². The zero-order valence-electron chi connectivity index (χ0n) is 15.9. The molecule has 0 saturated heterocycles. The topological polar surface area (TPSA) is 108 Å². The average molecular weight is 481 g/mol. The lowest BCUT2D eigenvalue weighted by Gasteiger charge is -2.13. The van der Waals surface area contributed by atoms with Crippen molar-refractivity contribution < 1.29 is 22.3 Å². The number of nitrogens with zero attached hydrogens (tertiary/aromatic N) is 2. The summed E-state index contributed by atoms with van der Waals surface area (Å²) in [5.74, 6) is -0.0956. The first kappa shape index (κ1) is 22.5. The van der Waals surface area contributed by atoms with Crippen LogP contribution in [0.4, 0.5) is 11.4 Å². The highest BCUT2D eigenvalue weighted by Crippen LogP contribution is 2.38. The van der Waals surface area contributed by atoms with Gasteiger partial charge in [0.2, 0.25) is 5.75 Å². The summed E-state index contributed by atoms with van der Waals surface area (Å²) in [7, 11) is -2.84. The summed E-state index contributed by atoms with van der Waals surface area (Å²) in [6.45, 7) is 0. The number of hydrogen-bond acceptors (Lipinski definition) is 7. The van der Waals surface area contributed by atoms with Crippen LogP contribution in [-0.2, 0) is 10.1 Å². The molecule has 0 radical (unpaired) electrons. The molecule has 11 heteroatoms. The van der Waals surface area contributed by atoms with Crippen molar-refractivity contribution in [2.24, 2.45) is 4.99 Å². The SMILES string of the molecule is COc1cc(C=Nc2ccc([N+](=O)[O-])cc2)cc(Cl)c1OS(=O)(=O)c1ccc(Cl)cc1. The van der Waals surface area contributed by atoms with E-state index in [0.29, 0.717) is 16.3 Å². The molecule has 0 N–H and O–H groups in total. The molecule has 0 amide bonds. The number of nitro benzene ring substituents is 1. The second-order valence-electron chi connectivity index (χ2n) is 6.06. The number of benzene rings is 3. The van der Waals surface area contributed by atoms with Crippen LogP contribution in [0.3, 0.4) is 0 Å². The normalized spacial score (nSPS) is 11.5. The molecule has 0 aliphatic rings. The quantitative estimate of drug-likeness (QED) is 0.193. The molecular weight excluding hydrogens is 467 g/mol. The molecule has 0 aliphatic carbocycles. The number of rotatable bonds is 7. The monoisotopic (exact) mass is 480 g/mol. The van der Waals surface area contributed by atoms with Crippen molar-refractivity contribution in [1.82, 2.24) is 0 Å². The van der Waals surface area contributed by atoms with Gasteiger partial charge < -0.3 is 8.92 Å². The fourth-order valence-electron chi connectivity index (χ4n) is 2.46. The Morgan fingerprint density at radius 1 is 1.03 bits per heavy atom. The predicted octanol–water partition coefficient (Wildman–Crippen LogP) is 5.43. The van der Waals surface area contributed by atoms with Crippen molar-refractivity contribution in [3.05, 3.63) is 86.4 Å². The lowest BCUT2D eigenvalue weighted by molar-refractivity contribution is -0.384. The van der Waals surface area contributed by atoms with Crippen molar-refractivity contribution in [2.75, 3.05) is 7.11 Å². The minimum atomic E-state index is -4.18. The molecule has 0 atom stereocenters. The van der Waals surface area contributed by atoms with Gasteiger partial charge in [-0.15, -0.1) is 0 Å². The maximum atomic E-state index is 12.6. The van der Waals surface area contributed by atoms with E-state index in [2.05, 4.69) is 4.99 Å². The van der Waals surface area contributed by atoms with E-state index in [1.165, 1.54) is 74.0 Å². The molecule has 160 valence electrons. The van der Waals surface area contributed by atoms with Gasteiger partial charge in [-0.25, -0.2) is 0 Å². The molecule has 8 nitrogen and oxygen atoms in total. The van der Waals surface area contributed by atoms with Crippen LogP contribution in [0.25, 0.3) is 0 Å². The molecule has 0 heterocycles. The van der Waals surface area contributed by atoms with E-state index < -0.39 is 15.0 Å². The molecule has 0 bridgehead atoms. The Kier molecular flexibility index (Phi) is 6.79. The maximum absolute atomic E-state index is 12.6. The fourth-order valence-corrected chi connectivity index (χ4v) is 3.85. The molecule has 3 aromatic carbocycles. The highest BCUT2D eigenvalue weighted by Gasteiger charge is 2.22. The third-order valence-corrected chi connectivity index (χ3v) is 5.74. The molecule has 0 aromatic heterocycles. The van der Waals surface area contributed by atoms with E-state index in [0.717, 1.165) is 0 Å². The lowest BCUT2D eigenvalue weighted by atomic mass is 10.2. The van der Waals surface area contributed by atoms with Crippen LogP contribution in [0.1, 0.15) is 5.56 Å². The summed E-state index contributed by atoms with van der Waals surface area (Å²) >= 11 is 12.0. The van der Waals surface area contributed by atoms with E-state index in [1.54, 1.807) is 0 Å². The van der Waals surface area contributed by atoms with Gasteiger partial charge in [-0.2, -0.15) is 8.42 Å². The average Bonchev–Trinajstić information content (AvgIpc) is 2.74. The number of non-ortho nitro benzene ring substituents is 1. The Morgan fingerprint density at radius 3 is 2.26 bits per heavy atom. The van der Waals surface area contributed by atoms with Crippen LogP contribution >= 0.6 is 23.2 Å². The van der Waals surface area contributed by atoms with Gasteiger partial charge in [0.25, 0.3) is 5.69 Å².